The predicted molar refractivity (Wildman–Crippen MR) is 72.2 cm³/mol. The highest BCUT2D eigenvalue weighted by Crippen LogP contribution is 2.47. The summed E-state index contributed by atoms with van der Waals surface area (Å²) in [5, 5.41) is 10.9. The lowest BCUT2D eigenvalue weighted by Gasteiger charge is -2.37. The van der Waals surface area contributed by atoms with Crippen LogP contribution in [-0.4, -0.2) is 10.7 Å². The van der Waals surface area contributed by atoms with Crippen molar-refractivity contribution in [1.82, 2.24) is 0 Å². The predicted octanol–water partition coefficient (Wildman–Crippen LogP) is 3.79. The zero-order chi connectivity index (χ0) is 12.7. The molecule has 0 spiro atoms. The van der Waals surface area contributed by atoms with Crippen LogP contribution in [-0.2, 0) is 6.42 Å². The van der Waals surface area contributed by atoms with E-state index in [1.807, 2.05) is 0 Å². The third-order valence-corrected chi connectivity index (χ3v) is 4.43. The lowest BCUT2D eigenvalue weighted by molar-refractivity contribution is -0.0419. The van der Waals surface area contributed by atoms with Gasteiger partial charge in [0.1, 0.15) is 0 Å². The molecule has 1 aromatic rings. The molecule has 1 fully saturated rings. The molecule has 2 rings (SSSR count). The van der Waals surface area contributed by atoms with Gasteiger partial charge in [-0.1, -0.05) is 43.2 Å². The summed E-state index contributed by atoms with van der Waals surface area (Å²) >= 11 is 0. The summed E-state index contributed by atoms with van der Waals surface area (Å²) in [6, 6.07) is 6.60. The first-order valence-corrected chi connectivity index (χ1v) is 6.62. The van der Waals surface area contributed by atoms with E-state index < -0.39 is 5.60 Å². The van der Waals surface area contributed by atoms with Crippen LogP contribution in [0, 0.1) is 19.3 Å². The van der Waals surface area contributed by atoms with E-state index in [1.54, 1.807) is 0 Å². The molecular formula is C16H24O. The molecule has 1 N–H and O–H groups in total. The van der Waals surface area contributed by atoms with Gasteiger partial charge in [0.05, 0.1) is 5.60 Å². The van der Waals surface area contributed by atoms with Crippen LogP contribution in [0.4, 0.5) is 0 Å². The Kier molecular flexibility index (Phi) is 3.07. The van der Waals surface area contributed by atoms with Crippen molar-refractivity contribution in [2.45, 2.75) is 59.0 Å². The highest BCUT2D eigenvalue weighted by molar-refractivity contribution is 5.30. The largest absolute Gasteiger partial charge is 0.389 e. The quantitative estimate of drug-likeness (QED) is 0.822. The molecule has 0 aromatic heterocycles. The number of hydrogen-bond acceptors (Lipinski definition) is 1. The van der Waals surface area contributed by atoms with Crippen molar-refractivity contribution in [1.29, 1.82) is 0 Å². The van der Waals surface area contributed by atoms with Gasteiger partial charge in [0, 0.05) is 6.42 Å². The minimum Gasteiger partial charge on any atom is -0.389 e. The van der Waals surface area contributed by atoms with E-state index >= 15 is 0 Å². The van der Waals surface area contributed by atoms with Crippen LogP contribution >= 0.6 is 0 Å². The maximum absolute atomic E-state index is 10.9. The minimum absolute atomic E-state index is 0.0463. The summed E-state index contributed by atoms with van der Waals surface area (Å²) in [7, 11) is 0. The SMILES string of the molecule is Cc1cc(C)cc(CC2(O)CCCC2(C)C)c1. The van der Waals surface area contributed by atoms with Crippen LogP contribution in [0.2, 0.25) is 0 Å². The van der Waals surface area contributed by atoms with Gasteiger partial charge < -0.3 is 5.11 Å². The zero-order valence-electron chi connectivity index (χ0n) is 11.5. The van der Waals surface area contributed by atoms with Gasteiger partial charge in [-0.2, -0.15) is 0 Å². The summed E-state index contributed by atoms with van der Waals surface area (Å²) in [5.41, 5.74) is 3.39. The Morgan fingerprint density at radius 3 is 2.12 bits per heavy atom. The average molecular weight is 232 g/mol. The lowest BCUT2D eigenvalue weighted by Crippen LogP contribution is -2.41. The third kappa shape index (κ3) is 2.40. The molecule has 1 nitrogen and oxygen atoms in total. The van der Waals surface area contributed by atoms with Gasteiger partial charge in [-0.25, -0.2) is 0 Å². The van der Waals surface area contributed by atoms with E-state index in [1.165, 1.54) is 16.7 Å². The van der Waals surface area contributed by atoms with Crippen molar-refractivity contribution in [2.24, 2.45) is 5.41 Å². The molecule has 0 bridgehead atoms. The van der Waals surface area contributed by atoms with Crippen molar-refractivity contribution in [3.63, 3.8) is 0 Å². The third-order valence-electron chi connectivity index (χ3n) is 4.43. The molecule has 0 saturated heterocycles. The Labute approximate surface area is 105 Å². The minimum atomic E-state index is -0.521. The van der Waals surface area contributed by atoms with Gasteiger partial charge in [0.15, 0.2) is 0 Å². The van der Waals surface area contributed by atoms with Gasteiger partial charge in [0.25, 0.3) is 0 Å². The molecule has 1 atom stereocenters. The van der Waals surface area contributed by atoms with Crippen molar-refractivity contribution < 1.29 is 5.11 Å². The van der Waals surface area contributed by atoms with Crippen LogP contribution < -0.4 is 0 Å². The molecule has 1 saturated carbocycles. The molecule has 0 radical (unpaired) electrons. The molecule has 0 amide bonds. The van der Waals surface area contributed by atoms with E-state index in [4.69, 9.17) is 0 Å². The molecule has 0 aliphatic heterocycles. The second-order valence-corrected chi connectivity index (χ2v) is 6.44. The number of aliphatic hydroxyl groups is 1. The fourth-order valence-electron chi connectivity index (χ4n) is 3.23. The van der Waals surface area contributed by atoms with Gasteiger partial charge in [0.2, 0.25) is 0 Å². The maximum atomic E-state index is 10.9. The smallest absolute Gasteiger partial charge is 0.0738 e. The number of hydrogen-bond donors (Lipinski definition) is 1. The number of benzene rings is 1. The highest BCUT2D eigenvalue weighted by atomic mass is 16.3. The summed E-state index contributed by atoms with van der Waals surface area (Å²) < 4.78 is 0. The van der Waals surface area contributed by atoms with E-state index in [-0.39, 0.29) is 5.41 Å². The van der Waals surface area contributed by atoms with Gasteiger partial charge >= 0.3 is 0 Å². The van der Waals surface area contributed by atoms with E-state index in [0.717, 1.165) is 25.7 Å². The fraction of sp³-hybridized carbons (Fsp3) is 0.625. The van der Waals surface area contributed by atoms with Crippen LogP contribution in [0.3, 0.4) is 0 Å². The fourth-order valence-corrected chi connectivity index (χ4v) is 3.23. The summed E-state index contributed by atoms with van der Waals surface area (Å²) in [5.74, 6) is 0. The molecular weight excluding hydrogens is 208 g/mol. The Morgan fingerprint density at radius 2 is 1.65 bits per heavy atom. The monoisotopic (exact) mass is 232 g/mol. The standard InChI is InChI=1S/C16H24O/c1-12-8-13(2)10-14(9-12)11-16(17)7-5-6-15(16,3)4/h8-10,17H,5-7,11H2,1-4H3. The van der Waals surface area contributed by atoms with Crippen molar-refractivity contribution in [3.05, 3.63) is 34.9 Å². The van der Waals surface area contributed by atoms with Gasteiger partial charge in [-0.05, 0) is 44.1 Å². The van der Waals surface area contributed by atoms with E-state index in [2.05, 4.69) is 45.9 Å². The highest BCUT2D eigenvalue weighted by Gasteiger charge is 2.47. The summed E-state index contributed by atoms with van der Waals surface area (Å²) in [4.78, 5) is 0. The second kappa shape index (κ2) is 4.13. The normalized spacial score (nSPS) is 27.4. The van der Waals surface area contributed by atoms with Gasteiger partial charge in [-0.3, -0.25) is 0 Å². The molecule has 1 aliphatic rings. The van der Waals surface area contributed by atoms with Crippen molar-refractivity contribution in [3.8, 4) is 0 Å². The van der Waals surface area contributed by atoms with Crippen LogP contribution in [0.15, 0.2) is 18.2 Å². The first-order valence-electron chi connectivity index (χ1n) is 6.62. The molecule has 1 unspecified atom stereocenters. The van der Waals surface area contributed by atoms with E-state index in [0.29, 0.717) is 0 Å². The molecule has 1 aliphatic carbocycles. The molecule has 1 heteroatoms. The first kappa shape index (κ1) is 12.6. The molecule has 94 valence electrons. The Morgan fingerprint density at radius 1 is 1.06 bits per heavy atom. The average Bonchev–Trinajstić information content (AvgIpc) is 2.38. The number of aryl methyl sites for hydroxylation is 2. The van der Waals surface area contributed by atoms with E-state index in [9.17, 15) is 5.11 Å². The van der Waals surface area contributed by atoms with Crippen LogP contribution in [0.25, 0.3) is 0 Å². The molecule has 0 heterocycles. The lowest BCUT2D eigenvalue weighted by atomic mass is 9.74. The second-order valence-electron chi connectivity index (χ2n) is 6.44. The maximum Gasteiger partial charge on any atom is 0.0738 e. The molecule has 17 heavy (non-hydrogen) atoms. The Hall–Kier alpha value is -0.820. The van der Waals surface area contributed by atoms with Crippen LogP contribution in [0.5, 0.6) is 0 Å². The van der Waals surface area contributed by atoms with Crippen molar-refractivity contribution >= 4 is 0 Å². The van der Waals surface area contributed by atoms with Crippen LogP contribution in [0.1, 0.15) is 49.8 Å². The Bertz CT molecular complexity index is 399. The van der Waals surface area contributed by atoms with Crippen molar-refractivity contribution in [2.75, 3.05) is 0 Å². The molecule has 1 aromatic carbocycles. The summed E-state index contributed by atoms with van der Waals surface area (Å²) in [6.45, 7) is 8.64. The Balaban J connectivity index is 2.26. The summed E-state index contributed by atoms with van der Waals surface area (Å²) in [6.07, 6.45) is 4.01. The topological polar surface area (TPSA) is 20.2 Å². The first-order chi connectivity index (χ1) is 7.82. The zero-order valence-corrected chi connectivity index (χ0v) is 11.5. The van der Waals surface area contributed by atoms with Gasteiger partial charge in [-0.15, -0.1) is 0 Å². The number of rotatable bonds is 2.